The molecule has 0 spiro atoms. The number of amides is 1. The van der Waals surface area contributed by atoms with Crippen molar-refractivity contribution < 1.29 is 9.53 Å². The number of benzene rings is 3. The molecule has 0 radical (unpaired) electrons. The Labute approximate surface area is 161 Å². The van der Waals surface area contributed by atoms with Crippen LogP contribution in [0.4, 0.5) is 11.4 Å². The second kappa shape index (κ2) is 8.54. The molecule has 3 aromatic rings. The Morgan fingerprint density at radius 2 is 1.44 bits per heavy atom. The van der Waals surface area contributed by atoms with E-state index < -0.39 is 0 Å². The molecule has 0 fully saturated rings. The number of nitrogens with zero attached hydrogens (tertiary/aromatic N) is 1. The van der Waals surface area contributed by atoms with Crippen molar-refractivity contribution in [3.63, 3.8) is 0 Å². The van der Waals surface area contributed by atoms with Crippen LogP contribution in [0.1, 0.15) is 30.9 Å². The van der Waals surface area contributed by atoms with E-state index in [9.17, 15) is 4.79 Å². The van der Waals surface area contributed by atoms with E-state index in [0.29, 0.717) is 5.92 Å². The number of carbonyl (C=O) groups excluding carboxylic acids is 1. The van der Waals surface area contributed by atoms with Gasteiger partial charge in [0.1, 0.15) is 5.75 Å². The Hall–Kier alpha value is -3.07. The van der Waals surface area contributed by atoms with E-state index in [0.717, 1.165) is 28.3 Å². The normalized spacial score (nSPS) is 10.7. The van der Waals surface area contributed by atoms with Crippen molar-refractivity contribution in [3.8, 4) is 5.75 Å². The number of rotatable bonds is 6. The van der Waals surface area contributed by atoms with Crippen LogP contribution in [0.2, 0.25) is 0 Å². The predicted octanol–water partition coefficient (Wildman–Crippen LogP) is 5.86. The molecular formula is C24H25NO2. The highest BCUT2D eigenvalue weighted by atomic mass is 16.5. The van der Waals surface area contributed by atoms with Gasteiger partial charge in [0.05, 0.1) is 0 Å². The highest BCUT2D eigenvalue weighted by molar-refractivity contribution is 6.01. The van der Waals surface area contributed by atoms with Crippen molar-refractivity contribution in [1.82, 2.24) is 0 Å². The summed E-state index contributed by atoms with van der Waals surface area (Å²) in [5.41, 5.74) is 3.88. The Morgan fingerprint density at radius 3 is 1.96 bits per heavy atom. The molecule has 0 bridgehead atoms. The van der Waals surface area contributed by atoms with E-state index in [2.05, 4.69) is 26.0 Å². The largest absolute Gasteiger partial charge is 0.483 e. The number of anilines is 2. The monoisotopic (exact) mass is 359 g/mol. The van der Waals surface area contributed by atoms with Gasteiger partial charge in [-0.2, -0.15) is 0 Å². The first kappa shape index (κ1) is 18.7. The van der Waals surface area contributed by atoms with E-state index in [1.165, 1.54) is 0 Å². The van der Waals surface area contributed by atoms with Gasteiger partial charge in [0.2, 0.25) is 0 Å². The van der Waals surface area contributed by atoms with Gasteiger partial charge in [-0.25, -0.2) is 0 Å². The van der Waals surface area contributed by atoms with Crippen LogP contribution in [0.3, 0.4) is 0 Å². The number of carbonyl (C=O) groups is 1. The van der Waals surface area contributed by atoms with Crippen molar-refractivity contribution in [2.45, 2.75) is 26.7 Å². The van der Waals surface area contributed by atoms with Crippen molar-refractivity contribution in [2.24, 2.45) is 0 Å². The summed E-state index contributed by atoms with van der Waals surface area (Å²) in [5.74, 6) is 0.998. The maximum atomic E-state index is 13.1. The molecule has 0 aromatic heterocycles. The predicted molar refractivity (Wildman–Crippen MR) is 111 cm³/mol. The minimum Gasteiger partial charge on any atom is -0.483 e. The van der Waals surface area contributed by atoms with Crippen molar-refractivity contribution >= 4 is 17.3 Å². The Kier molecular flexibility index (Phi) is 5.92. The second-order valence-corrected chi connectivity index (χ2v) is 6.88. The lowest BCUT2D eigenvalue weighted by Crippen LogP contribution is -2.31. The van der Waals surface area contributed by atoms with E-state index >= 15 is 0 Å². The van der Waals surface area contributed by atoms with Crippen molar-refractivity contribution in [1.29, 1.82) is 0 Å². The fraction of sp³-hybridized carbons (Fsp3) is 0.208. The lowest BCUT2D eigenvalue weighted by atomic mass is 10.0. The molecule has 1 amide bonds. The number of hydrogen-bond donors (Lipinski definition) is 0. The Morgan fingerprint density at radius 1 is 0.889 bits per heavy atom. The highest BCUT2D eigenvalue weighted by Gasteiger charge is 2.19. The van der Waals surface area contributed by atoms with Gasteiger partial charge >= 0.3 is 0 Å². The highest BCUT2D eigenvalue weighted by Crippen LogP contribution is 2.29. The van der Waals surface area contributed by atoms with Crippen LogP contribution in [0.15, 0.2) is 78.9 Å². The molecule has 0 N–H and O–H groups in total. The quantitative estimate of drug-likeness (QED) is 0.551. The zero-order valence-corrected chi connectivity index (χ0v) is 16.1. The number of ether oxygens (including phenoxy) is 1. The molecule has 0 unspecified atom stereocenters. The molecule has 27 heavy (non-hydrogen) atoms. The molecular weight excluding hydrogens is 334 g/mol. The first-order valence-electron chi connectivity index (χ1n) is 9.22. The summed E-state index contributed by atoms with van der Waals surface area (Å²) in [6.07, 6.45) is 0. The molecule has 3 rings (SSSR count). The SMILES string of the molecule is Cc1ccc(C(C)C)c(OCC(=O)N(c2ccccc2)c2ccccc2)c1. The molecule has 0 saturated heterocycles. The molecule has 0 atom stereocenters. The fourth-order valence-electron chi connectivity index (χ4n) is 3.04. The maximum Gasteiger partial charge on any atom is 0.269 e. The second-order valence-electron chi connectivity index (χ2n) is 6.88. The van der Waals surface area contributed by atoms with Crippen molar-refractivity contribution in [3.05, 3.63) is 90.0 Å². The van der Waals surface area contributed by atoms with Crippen LogP contribution < -0.4 is 9.64 Å². The van der Waals surface area contributed by atoms with Crippen LogP contribution in [0, 0.1) is 6.92 Å². The number of aryl methyl sites for hydroxylation is 1. The smallest absolute Gasteiger partial charge is 0.269 e. The first-order valence-corrected chi connectivity index (χ1v) is 9.22. The first-order chi connectivity index (χ1) is 13.1. The van der Waals surface area contributed by atoms with E-state index in [-0.39, 0.29) is 12.5 Å². The minimum atomic E-state index is -0.108. The van der Waals surface area contributed by atoms with Crippen LogP contribution in [-0.2, 0) is 4.79 Å². The van der Waals surface area contributed by atoms with Crippen LogP contribution in [0.25, 0.3) is 0 Å². The standard InChI is InChI=1S/C24H25NO2/c1-18(2)22-15-14-19(3)16-23(22)27-17-24(26)25(20-10-6-4-7-11-20)21-12-8-5-9-13-21/h4-16,18H,17H2,1-3H3. The summed E-state index contributed by atoms with van der Waals surface area (Å²) in [6, 6.07) is 25.4. The van der Waals surface area contributed by atoms with Crippen molar-refractivity contribution in [2.75, 3.05) is 11.5 Å². The Bertz CT molecular complexity index is 849. The summed E-state index contributed by atoms with van der Waals surface area (Å²) in [5, 5.41) is 0. The molecule has 0 heterocycles. The summed E-state index contributed by atoms with van der Waals surface area (Å²) in [6.45, 7) is 6.26. The van der Waals surface area contributed by atoms with Gasteiger partial charge in [0.15, 0.2) is 6.61 Å². The van der Waals surface area contributed by atoms with Gasteiger partial charge in [-0.15, -0.1) is 0 Å². The molecule has 0 aliphatic heterocycles. The third-order valence-electron chi connectivity index (χ3n) is 4.42. The zero-order valence-electron chi connectivity index (χ0n) is 16.1. The summed E-state index contributed by atoms with van der Waals surface area (Å²) in [7, 11) is 0. The molecule has 0 saturated carbocycles. The molecule has 3 nitrogen and oxygen atoms in total. The van der Waals surface area contributed by atoms with E-state index in [1.54, 1.807) is 4.90 Å². The van der Waals surface area contributed by atoms with Gasteiger partial charge in [-0.05, 0) is 54.3 Å². The third-order valence-corrected chi connectivity index (χ3v) is 4.42. The summed E-state index contributed by atoms with van der Waals surface area (Å²) >= 11 is 0. The Balaban J connectivity index is 1.85. The maximum absolute atomic E-state index is 13.1. The average molecular weight is 359 g/mol. The lowest BCUT2D eigenvalue weighted by molar-refractivity contribution is -0.119. The van der Waals surface area contributed by atoms with Gasteiger partial charge in [-0.3, -0.25) is 9.69 Å². The topological polar surface area (TPSA) is 29.5 Å². The van der Waals surface area contributed by atoms with Gasteiger partial charge in [-0.1, -0.05) is 62.4 Å². The minimum absolute atomic E-state index is 0.0209. The van der Waals surface area contributed by atoms with E-state index in [1.807, 2.05) is 73.7 Å². The van der Waals surface area contributed by atoms with Gasteiger partial charge in [0, 0.05) is 11.4 Å². The van der Waals surface area contributed by atoms with Crippen LogP contribution >= 0.6 is 0 Å². The fourth-order valence-corrected chi connectivity index (χ4v) is 3.04. The lowest BCUT2D eigenvalue weighted by Gasteiger charge is -2.23. The number of hydrogen-bond acceptors (Lipinski definition) is 2. The number of para-hydroxylation sites is 2. The van der Waals surface area contributed by atoms with E-state index in [4.69, 9.17) is 4.74 Å². The zero-order chi connectivity index (χ0) is 19.2. The summed E-state index contributed by atoms with van der Waals surface area (Å²) < 4.78 is 5.97. The molecule has 0 aliphatic rings. The van der Waals surface area contributed by atoms with Gasteiger partial charge in [0.25, 0.3) is 5.91 Å². The van der Waals surface area contributed by atoms with Crippen LogP contribution in [0.5, 0.6) is 5.75 Å². The third kappa shape index (κ3) is 4.56. The molecule has 138 valence electrons. The summed E-state index contributed by atoms with van der Waals surface area (Å²) in [4.78, 5) is 14.8. The van der Waals surface area contributed by atoms with Gasteiger partial charge < -0.3 is 4.74 Å². The molecule has 3 heteroatoms. The molecule has 0 aliphatic carbocycles. The average Bonchev–Trinajstić information content (AvgIpc) is 2.68. The van der Waals surface area contributed by atoms with Crippen LogP contribution in [-0.4, -0.2) is 12.5 Å². The molecule has 3 aromatic carbocycles.